The fourth-order valence-electron chi connectivity index (χ4n) is 7.49. The molecule has 282 valence electrons. The lowest BCUT2D eigenvalue weighted by Crippen LogP contribution is -2.44. The number of methoxy groups -OCH3 is 1. The van der Waals surface area contributed by atoms with Crippen molar-refractivity contribution in [2.45, 2.75) is 78.7 Å². The number of imidazole rings is 1. The normalized spacial score (nSPS) is 32.4. The molecule has 2 aromatic heterocycles. The predicted molar refractivity (Wildman–Crippen MR) is 199 cm³/mol. The molecule has 13 nitrogen and oxygen atoms in total. The van der Waals surface area contributed by atoms with Gasteiger partial charge in [0, 0.05) is 60.4 Å². The minimum atomic E-state index is -1.92. The minimum absolute atomic E-state index is 0.0313. The molecule has 0 unspecified atom stereocenters. The number of amides is 1. The van der Waals surface area contributed by atoms with Crippen molar-refractivity contribution in [1.82, 2.24) is 9.38 Å². The van der Waals surface area contributed by atoms with Crippen LogP contribution in [0.5, 0.6) is 17.2 Å². The molecule has 4 bridgehead atoms. The van der Waals surface area contributed by atoms with Crippen LogP contribution in [0.25, 0.3) is 27.5 Å². The Balaban J connectivity index is 1.57. The monoisotopic (exact) mass is 729 g/mol. The Kier molecular flexibility index (Phi) is 10.1. The Morgan fingerprint density at radius 2 is 1.60 bits per heavy atom. The van der Waals surface area contributed by atoms with E-state index in [4.69, 9.17) is 19.2 Å². The fourth-order valence-corrected chi connectivity index (χ4v) is 7.49. The smallest absolute Gasteiger partial charge is 0.312 e. The van der Waals surface area contributed by atoms with Crippen LogP contribution in [0.3, 0.4) is 0 Å². The number of fused-ring (bicyclic) bond motifs is 2. The molecule has 0 saturated carbocycles. The minimum Gasteiger partial charge on any atom is -0.507 e. The van der Waals surface area contributed by atoms with Gasteiger partial charge in [0.15, 0.2) is 5.75 Å². The van der Waals surface area contributed by atoms with Crippen molar-refractivity contribution in [2.75, 3.05) is 12.4 Å². The van der Waals surface area contributed by atoms with E-state index in [1.807, 2.05) is 0 Å². The maximum absolute atomic E-state index is 14.4. The zero-order valence-corrected chi connectivity index (χ0v) is 31.0. The Bertz CT molecular complexity index is 2210. The van der Waals surface area contributed by atoms with Crippen LogP contribution >= 0.6 is 0 Å². The quantitative estimate of drug-likeness (QED) is 0.140. The van der Waals surface area contributed by atoms with Gasteiger partial charge in [-0.05, 0) is 32.1 Å². The van der Waals surface area contributed by atoms with E-state index in [1.54, 1.807) is 81.6 Å². The number of Topliss-reactive ketones (excluding diaryl/α,β-unsaturated/α-hetero) is 1. The van der Waals surface area contributed by atoms with Gasteiger partial charge < -0.3 is 45.1 Å². The number of nitrogens with zero attached hydrogens (tertiary/aromatic N) is 2. The molecule has 4 aromatic rings. The zero-order chi connectivity index (χ0) is 38.7. The number of aliphatic hydroxyl groups is 3. The summed E-state index contributed by atoms with van der Waals surface area (Å²) in [5.41, 5.74) is 1.35. The summed E-state index contributed by atoms with van der Waals surface area (Å²) in [5, 5.41) is 60.1. The molecule has 9 atom stereocenters. The van der Waals surface area contributed by atoms with E-state index in [-0.39, 0.29) is 55.7 Å². The number of allylic oxidation sites excluding steroid dienone is 2. The molecule has 2 aliphatic heterocycles. The van der Waals surface area contributed by atoms with Gasteiger partial charge in [0.05, 0.1) is 41.6 Å². The number of rotatable bonds is 1. The molecule has 6 N–H and O–H groups in total. The third-order valence-corrected chi connectivity index (χ3v) is 11.0. The van der Waals surface area contributed by atoms with Gasteiger partial charge in [-0.3, -0.25) is 14.0 Å². The summed E-state index contributed by atoms with van der Waals surface area (Å²) in [4.78, 5) is 32.9. The number of ether oxygens (including phenoxy) is 3. The van der Waals surface area contributed by atoms with Gasteiger partial charge in [-0.1, -0.05) is 52.0 Å². The summed E-state index contributed by atoms with van der Waals surface area (Å²) in [7, 11) is 1.46. The van der Waals surface area contributed by atoms with Crippen LogP contribution in [0.4, 0.5) is 5.69 Å². The summed E-state index contributed by atoms with van der Waals surface area (Å²) >= 11 is 0. The first-order valence-corrected chi connectivity index (χ1v) is 17.7. The van der Waals surface area contributed by atoms with Gasteiger partial charge in [-0.2, -0.15) is 0 Å². The maximum Gasteiger partial charge on any atom is 0.312 e. The number of phenolic OH excluding ortho intramolecular Hbond substituents is 2. The molecule has 0 spiro atoms. The van der Waals surface area contributed by atoms with Gasteiger partial charge in [0.2, 0.25) is 0 Å². The number of aromatic nitrogens is 2. The predicted octanol–water partition coefficient (Wildman–Crippen LogP) is 5.28. The lowest BCUT2D eigenvalue weighted by Gasteiger charge is -2.36. The molecule has 6 rings (SSSR count). The van der Waals surface area contributed by atoms with Crippen LogP contribution in [-0.2, 0) is 14.3 Å². The number of benzene rings is 2. The SMILES string of the molecule is CO[C@H]1/C=C/O[C@@]2(C)Oc3c(C)c(O)c4c(O)c(c5c(nc6ccccn65)c4c3C2=O)NC(=O)/C(C)=C\C=C\[C@H](C)[C@H](O)[C@@H](C)[C@@H](O)[C@@H](C)[C@H](O)[C@@H]1C. The van der Waals surface area contributed by atoms with Crippen molar-refractivity contribution < 1.29 is 49.3 Å². The van der Waals surface area contributed by atoms with Gasteiger partial charge in [0.25, 0.3) is 11.7 Å². The van der Waals surface area contributed by atoms with Gasteiger partial charge in [0.1, 0.15) is 33.9 Å². The van der Waals surface area contributed by atoms with Gasteiger partial charge in [-0.15, -0.1) is 0 Å². The molecular weight excluding hydrogens is 682 g/mol. The van der Waals surface area contributed by atoms with Crippen LogP contribution in [-0.4, -0.2) is 83.9 Å². The van der Waals surface area contributed by atoms with Crippen LogP contribution < -0.4 is 10.1 Å². The fraction of sp³-hybridized carbons (Fsp3) is 0.425. The average Bonchev–Trinajstić information content (AvgIpc) is 3.65. The third kappa shape index (κ3) is 6.21. The Labute approximate surface area is 306 Å². The molecule has 0 aliphatic carbocycles. The summed E-state index contributed by atoms with van der Waals surface area (Å²) < 4.78 is 19.5. The van der Waals surface area contributed by atoms with Crippen molar-refractivity contribution in [1.29, 1.82) is 0 Å². The van der Waals surface area contributed by atoms with Crippen LogP contribution in [0.15, 0.2) is 60.5 Å². The number of anilines is 1. The first-order valence-electron chi connectivity index (χ1n) is 17.7. The lowest BCUT2D eigenvalue weighted by molar-refractivity contribution is -0.112. The number of ketones is 1. The molecule has 4 heterocycles. The third-order valence-electron chi connectivity index (χ3n) is 11.0. The van der Waals surface area contributed by atoms with Crippen molar-refractivity contribution in [3.63, 3.8) is 0 Å². The second kappa shape index (κ2) is 14.1. The summed E-state index contributed by atoms with van der Waals surface area (Å²) in [5.74, 6) is -6.23. The first-order chi connectivity index (χ1) is 25.0. The molecule has 13 heteroatoms. The van der Waals surface area contributed by atoms with E-state index in [0.717, 1.165) is 0 Å². The average molecular weight is 730 g/mol. The van der Waals surface area contributed by atoms with Crippen molar-refractivity contribution in [2.24, 2.45) is 23.7 Å². The lowest BCUT2D eigenvalue weighted by atomic mass is 9.78. The number of pyridine rings is 1. The van der Waals surface area contributed by atoms with E-state index >= 15 is 0 Å². The Hall–Kier alpha value is -4.95. The highest BCUT2D eigenvalue weighted by Gasteiger charge is 2.49. The number of hydrogen-bond donors (Lipinski definition) is 6. The van der Waals surface area contributed by atoms with Crippen LogP contribution in [0.2, 0.25) is 0 Å². The van der Waals surface area contributed by atoms with E-state index < -0.39 is 71.3 Å². The number of aromatic hydroxyl groups is 2. The van der Waals surface area contributed by atoms with Crippen molar-refractivity contribution in [3.05, 3.63) is 71.7 Å². The number of carbonyl (C=O) groups excluding carboxylic acids is 2. The highest BCUT2D eigenvalue weighted by atomic mass is 16.7. The van der Waals surface area contributed by atoms with E-state index in [9.17, 15) is 35.1 Å². The number of aliphatic hydroxyl groups excluding tert-OH is 3. The molecule has 1 amide bonds. The molecule has 53 heavy (non-hydrogen) atoms. The van der Waals surface area contributed by atoms with E-state index in [0.29, 0.717) is 5.65 Å². The largest absolute Gasteiger partial charge is 0.507 e. The number of carbonyl (C=O) groups is 2. The van der Waals surface area contributed by atoms with Gasteiger partial charge in [-0.25, -0.2) is 4.98 Å². The molecule has 0 fully saturated rings. The number of phenols is 2. The molecule has 0 radical (unpaired) electrons. The standard InChI is InChI=1S/C40H47N3O10/c1-18-12-11-13-19(2)39(50)42-30-31-29(41-25-14-9-10-16-43(25)31)26-27(36(30)48)35(47)23(6)37-28(26)38(49)40(7,53-37)52-17-15-24(51-8)20(3)33(45)22(5)34(46)21(4)32(18)44/h9-18,20-22,24,32-34,44-48H,1-8H3,(H,42,50)/b12-11+,17-15+,19-13-/t18-,20+,21+,22-,24-,32-,33+,34+,40-/m0/s1. The second-order valence-electron chi connectivity index (χ2n) is 14.5. The number of hydrogen-bond acceptors (Lipinski definition) is 11. The number of nitrogens with one attached hydrogen (secondary N) is 1. The maximum atomic E-state index is 14.4. The van der Waals surface area contributed by atoms with Crippen molar-refractivity contribution >= 4 is 44.8 Å². The van der Waals surface area contributed by atoms with Crippen LogP contribution in [0, 0.1) is 30.6 Å². The Morgan fingerprint density at radius 1 is 0.925 bits per heavy atom. The molecular formula is C40H47N3O10. The summed E-state index contributed by atoms with van der Waals surface area (Å²) in [6.07, 6.45) is 5.51. The van der Waals surface area contributed by atoms with E-state index in [1.165, 1.54) is 33.3 Å². The Morgan fingerprint density at radius 3 is 2.30 bits per heavy atom. The topological polar surface area (TPSA) is 192 Å². The molecule has 0 saturated heterocycles. The molecule has 2 aliphatic rings. The second-order valence-corrected chi connectivity index (χ2v) is 14.5. The van der Waals surface area contributed by atoms with Crippen LogP contribution in [0.1, 0.15) is 57.5 Å². The highest BCUT2D eigenvalue weighted by molar-refractivity contribution is 6.28. The summed E-state index contributed by atoms with van der Waals surface area (Å²) in [6.45, 7) is 11.5. The van der Waals surface area contributed by atoms with Crippen molar-refractivity contribution in [3.8, 4) is 17.2 Å². The zero-order valence-electron chi connectivity index (χ0n) is 31.0. The molecule has 2 aromatic carbocycles. The first kappa shape index (κ1) is 37.8. The van der Waals surface area contributed by atoms with Gasteiger partial charge >= 0.3 is 5.79 Å². The summed E-state index contributed by atoms with van der Waals surface area (Å²) in [6, 6.07) is 5.25. The highest BCUT2D eigenvalue weighted by Crippen LogP contribution is 2.54. The van der Waals surface area contributed by atoms with E-state index in [2.05, 4.69) is 5.32 Å².